The third-order valence-electron chi connectivity index (χ3n) is 5.60. The maximum absolute atomic E-state index is 12.4. The number of nitrogens with zero attached hydrogens (tertiary/aromatic N) is 1. The fraction of sp³-hybridized carbons (Fsp3) is 0.731. The summed E-state index contributed by atoms with van der Waals surface area (Å²) in [5.74, 6) is -0.524. The molecule has 0 saturated heterocycles. The van der Waals surface area contributed by atoms with Gasteiger partial charge in [0.15, 0.2) is 0 Å². The molecule has 0 aliphatic rings. The molecule has 0 aliphatic heterocycles. The molecule has 1 unspecified atom stereocenters. The number of aromatic nitrogens is 1. The number of hydrogen-bond acceptors (Lipinski definition) is 6. The average Bonchev–Trinajstić information content (AvgIpc) is 2.81. The van der Waals surface area contributed by atoms with Gasteiger partial charge in [0.1, 0.15) is 11.4 Å². The summed E-state index contributed by atoms with van der Waals surface area (Å²) in [6.07, 6.45) is 13.2. The normalized spacial score (nSPS) is 11.8. The van der Waals surface area contributed by atoms with E-state index in [0.29, 0.717) is 19.1 Å². The molecule has 1 aromatic heterocycles. The fourth-order valence-electron chi connectivity index (χ4n) is 3.58. The van der Waals surface area contributed by atoms with Gasteiger partial charge in [0.2, 0.25) is 0 Å². The summed E-state index contributed by atoms with van der Waals surface area (Å²) in [6.45, 7) is 5.81. The zero-order valence-corrected chi connectivity index (χ0v) is 20.4. The molecule has 1 aromatic rings. The highest BCUT2D eigenvalue weighted by atomic mass is 16.5. The minimum absolute atomic E-state index is 0.138. The van der Waals surface area contributed by atoms with E-state index >= 15 is 0 Å². The van der Waals surface area contributed by atoms with Crippen LogP contribution in [0.15, 0.2) is 18.2 Å². The average molecular weight is 450 g/mol. The molecule has 0 radical (unpaired) electrons. The molecular formula is C26H43NO5. The zero-order valence-electron chi connectivity index (χ0n) is 20.4. The maximum atomic E-state index is 12.4. The summed E-state index contributed by atoms with van der Waals surface area (Å²) >= 11 is 0. The van der Waals surface area contributed by atoms with Crippen LogP contribution in [0.3, 0.4) is 0 Å². The van der Waals surface area contributed by atoms with Gasteiger partial charge in [-0.15, -0.1) is 0 Å². The van der Waals surface area contributed by atoms with Crippen LogP contribution in [0.5, 0.6) is 0 Å². The molecule has 0 spiro atoms. The second-order valence-electron chi connectivity index (χ2n) is 8.38. The van der Waals surface area contributed by atoms with Crippen LogP contribution in [0.1, 0.15) is 112 Å². The van der Waals surface area contributed by atoms with Crippen LogP contribution in [0.25, 0.3) is 0 Å². The van der Waals surface area contributed by atoms with Crippen molar-refractivity contribution in [2.24, 2.45) is 5.92 Å². The summed E-state index contributed by atoms with van der Waals surface area (Å²) in [5, 5.41) is 0. The number of carbonyl (C=O) groups excluding carboxylic acids is 2. The Labute approximate surface area is 194 Å². The molecule has 0 bridgehead atoms. The number of pyridine rings is 1. The Kier molecular flexibility index (Phi) is 16.3. The SMILES string of the molecule is CCCCCCCOC(=O)c1cccc(C(=O)OCCC(CCCCCC)CCOC)n1. The molecule has 1 rings (SSSR count). The standard InChI is InChI=1S/C26H43NO5/c1-4-6-8-10-12-19-31-25(28)23-15-13-16-24(27-23)26(29)32-21-18-22(17-20-30-3)14-11-9-7-5-2/h13,15-16,22H,4-12,14,17-21H2,1-3H3. The van der Waals surface area contributed by atoms with Crippen LogP contribution < -0.4 is 0 Å². The number of carbonyl (C=O) groups is 2. The lowest BCUT2D eigenvalue weighted by Gasteiger charge is -2.16. The van der Waals surface area contributed by atoms with Gasteiger partial charge in [-0.3, -0.25) is 0 Å². The number of methoxy groups -OCH3 is 1. The molecule has 0 aliphatic carbocycles. The van der Waals surface area contributed by atoms with Gasteiger partial charge in [0.25, 0.3) is 0 Å². The predicted molar refractivity (Wildman–Crippen MR) is 127 cm³/mol. The van der Waals surface area contributed by atoms with Gasteiger partial charge in [0, 0.05) is 13.7 Å². The number of rotatable bonds is 19. The molecule has 0 amide bonds. The van der Waals surface area contributed by atoms with E-state index in [4.69, 9.17) is 14.2 Å². The van der Waals surface area contributed by atoms with Gasteiger partial charge in [-0.1, -0.05) is 77.7 Å². The highest BCUT2D eigenvalue weighted by Gasteiger charge is 2.16. The number of esters is 2. The van der Waals surface area contributed by atoms with E-state index in [-0.39, 0.29) is 11.4 Å². The highest BCUT2D eigenvalue weighted by molar-refractivity contribution is 5.91. The number of ether oxygens (including phenoxy) is 3. The first-order valence-corrected chi connectivity index (χ1v) is 12.4. The van der Waals surface area contributed by atoms with Gasteiger partial charge in [-0.2, -0.15) is 0 Å². The van der Waals surface area contributed by atoms with Crippen LogP contribution in [0.2, 0.25) is 0 Å². The third-order valence-corrected chi connectivity index (χ3v) is 5.60. The van der Waals surface area contributed by atoms with Crippen molar-refractivity contribution in [2.75, 3.05) is 26.9 Å². The monoisotopic (exact) mass is 449 g/mol. The predicted octanol–water partition coefficient (Wildman–Crippen LogP) is 6.38. The molecule has 1 heterocycles. The molecule has 0 aromatic carbocycles. The Balaban J connectivity index is 2.43. The van der Waals surface area contributed by atoms with Gasteiger partial charge < -0.3 is 14.2 Å². The number of unbranched alkanes of at least 4 members (excludes halogenated alkanes) is 7. The Morgan fingerprint density at radius 2 is 1.31 bits per heavy atom. The molecule has 6 heteroatoms. The molecule has 182 valence electrons. The zero-order chi connectivity index (χ0) is 23.4. The second kappa shape index (κ2) is 18.6. The van der Waals surface area contributed by atoms with Crippen molar-refractivity contribution < 1.29 is 23.8 Å². The Bertz CT molecular complexity index is 634. The van der Waals surface area contributed by atoms with Crippen LogP contribution in [-0.2, 0) is 14.2 Å². The molecule has 1 atom stereocenters. The van der Waals surface area contributed by atoms with Crippen molar-refractivity contribution in [1.29, 1.82) is 0 Å². The van der Waals surface area contributed by atoms with Crippen LogP contribution in [-0.4, -0.2) is 43.9 Å². The van der Waals surface area contributed by atoms with Crippen molar-refractivity contribution in [3.8, 4) is 0 Å². The first-order valence-electron chi connectivity index (χ1n) is 12.4. The van der Waals surface area contributed by atoms with Crippen molar-refractivity contribution in [2.45, 2.75) is 90.9 Å². The van der Waals surface area contributed by atoms with E-state index in [0.717, 1.165) is 45.1 Å². The van der Waals surface area contributed by atoms with Crippen LogP contribution in [0.4, 0.5) is 0 Å². The lowest BCUT2D eigenvalue weighted by molar-refractivity contribution is 0.0463. The quantitative estimate of drug-likeness (QED) is 0.180. The van der Waals surface area contributed by atoms with Gasteiger partial charge in [-0.25, -0.2) is 14.6 Å². The van der Waals surface area contributed by atoms with E-state index in [2.05, 4.69) is 18.8 Å². The third kappa shape index (κ3) is 12.8. The van der Waals surface area contributed by atoms with E-state index < -0.39 is 11.9 Å². The first-order chi connectivity index (χ1) is 15.6. The summed E-state index contributed by atoms with van der Waals surface area (Å²) in [5.41, 5.74) is 0.278. The molecule has 0 fully saturated rings. The van der Waals surface area contributed by atoms with Crippen LogP contribution >= 0.6 is 0 Å². The Hall–Kier alpha value is -1.95. The van der Waals surface area contributed by atoms with E-state index in [1.165, 1.54) is 38.5 Å². The van der Waals surface area contributed by atoms with Crippen molar-refractivity contribution >= 4 is 11.9 Å². The van der Waals surface area contributed by atoms with E-state index in [9.17, 15) is 9.59 Å². The Morgan fingerprint density at radius 1 is 0.750 bits per heavy atom. The van der Waals surface area contributed by atoms with Gasteiger partial charge >= 0.3 is 11.9 Å². The lowest BCUT2D eigenvalue weighted by atomic mass is 9.95. The maximum Gasteiger partial charge on any atom is 0.356 e. The van der Waals surface area contributed by atoms with E-state index in [1.54, 1.807) is 25.3 Å². The summed E-state index contributed by atoms with van der Waals surface area (Å²) in [4.78, 5) is 28.8. The summed E-state index contributed by atoms with van der Waals surface area (Å²) < 4.78 is 15.9. The molecular weight excluding hydrogens is 406 g/mol. The first kappa shape index (κ1) is 28.1. The molecule has 0 N–H and O–H groups in total. The van der Waals surface area contributed by atoms with E-state index in [1.807, 2.05) is 0 Å². The molecule has 6 nitrogen and oxygen atoms in total. The lowest BCUT2D eigenvalue weighted by Crippen LogP contribution is -2.15. The Morgan fingerprint density at radius 3 is 1.94 bits per heavy atom. The highest BCUT2D eigenvalue weighted by Crippen LogP contribution is 2.19. The smallest absolute Gasteiger partial charge is 0.356 e. The minimum Gasteiger partial charge on any atom is -0.461 e. The van der Waals surface area contributed by atoms with Crippen molar-refractivity contribution in [3.63, 3.8) is 0 Å². The van der Waals surface area contributed by atoms with Gasteiger partial charge in [0.05, 0.1) is 13.2 Å². The molecule has 0 saturated carbocycles. The fourth-order valence-corrected chi connectivity index (χ4v) is 3.58. The second-order valence-corrected chi connectivity index (χ2v) is 8.38. The minimum atomic E-state index is -0.504. The van der Waals surface area contributed by atoms with Crippen molar-refractivity contribution in [1.82, 2.24) is 4.98 Å². The van der Waals surface area contributed by atoms with Crippen LogP contribution in [0, 0.1) is 5.92 Å². The summed E-state index contributed by atoms with van der Waals surface area (Å²) in [6, 6.07) is 4.76. The number of hydrogen-bond donors (Lipinski definition) is 0. The topological polar surface area (TPSA) is 74.7 Å². The van der Waals surface area contributed by atoms with Gasteiger partial charge in [-0.05, 0) is 37.3 Å². The van der Waals surface area contributed by atoms with Crippen molar-refractivity contribution in [3.05, 3.63) is 29.6 Å². The summed E-state index contributed by atoms with van der Waals surface area (Å²) in [7, 11) is 1.71. The largest absolute Gasteiger partial charge is 0.461 e. The molecule has 32 heavy (non-hydrogen) atoms.